The molecule has 0 atom stereocenters. The number of rotatable bonds is 0. The summed E-state index contributed by atoms with van der Waals surface area (Å²) < 4.78 is 0. The first-order valence-corrected chi connectivity index (χ1v) is 5.17. The Morgan fingerprint density at radius 2 is 1.62 bits per heavy atom. The van der Waals surface area contributed by atoms with Crippen LogP contribution in [0, 0.1) is 0 Å². The van der Waals surface area contributed by atoms with Gasteiger partial charge in [-0.25, -0.2) is 0 Å². The zero-order valence-corrected chi connectivity index (χ0v) is 5.72. The molecule has 0 amide bonds. The van der Waals surface area contributed by atoms with Gasteiger partial charge in [0.25, 0.3) is 0 Å². The monoisotopic (exact) mass is 133 g/mol. The molecule has 0 spiro atoms. The van der Waals surface area contributed by atoms with E-state index in [0.29, 0.717) is 12.1 Å². The van der Waals surface area contributed by atoms with Crippen LogP contribution >= 0.6 is 0 Å². The van der Waals surface area contributed by atoms with Crippen molar-refractivity contribution in [3.8, 4) is 0 Å². The fraction of sp³-hybridized carbons (Fsp3) is 1.00. The standard InChI is InChI=1S/C4H11NO2Si/c6-8(7)3-1-5-2-4-8/h5-7H,1-4H2. The summed E-state index contributed by atoms with van der Waals surface area (Å²) in [6.07, 6.45) is 0. The number of nitrogens with one attached hydrogen (secondary N) is 1. The second-order valence-electron chi connectivity index (χ2n) is 2.23. The van der Waals surface area contributed by atoms with E-state index in [1.807, 2.05) is 0 Å². The highest BCUT2D eigenvalue weighted by Gasteiger charge is 2.30. The van der Waals surface area contributed by atoms with Gasteiger partial charge < -0.3 is 14.9 Å². The molecular formula is C4H11NO2Si. The van der Waals surface area contributed by atoms with E-state index in [0.717, 1.165) is 13.1 Å². The lowest BCUT2D eigenvalue weighted by atomic mass is 10.6. The molecular weight excluding hydrogens is 122 g/mol. The maximum Gasteiger partial charge on any atom is 0.335 e. The molecule has 0 unspecified atom stereocenters. The third-order valence-electron chi connectivity index (χ3n) is 1.40. The number of hydrogen-bond acceptors (Lipinski definition) is 3. The van der Waals surface area contributed by atoms with Crippen molar-refractivity contribution in [2.24, 2.45) is 0 Å². The van der Waals surface area contributed by atoms with E-state index >= 15 is 0 Å². The van der Waals surface area contributed by atoms with Crippen molar-refractivity contribution < 1.29 is 9.59 Å². The fourth-order valence-electron chi connectivity index (χ4n) is 0.827. The first-order chi connectivity index (χ1) is 3.71. The third-order valence-corrected chi connectivity index (χ3v) is 3.51. The van der Waals surface area contributed by atoms with E-state index in [9.17, 15) is 0 Å². The van der Waals surface area contributed by atoms with Gasteiger partial charge in [0.05, 0.1) is 0 Å². The Labute approximate surface area is 49.6 Å². The van der Waals surface area contributed by atoms with Crippen molar-refractivity contribution >= 4 is 8.56 Å². The van der Waals surface area contributed by atoms with Crippen molar-refractivity contribution in [1.29, 1.82) is 0 Å². The van der Waals surface area contributed by atoms with Crippen LogP contribution in [0.25, 0.3) is 0 Å². The van der Waals surface area contributed by atoms with Crippen LogP contribution in [-0.4, -0.2) is 31.2 Å². The minimum Gasteiger partial charge on any atom is -0.411 e. The minimum atomic E-state index is -2.65. The summed E-state index contributed by atoms with van der Waals surface area (Å²) in [6.45, 7) is 1.55. The van der Waals surface area contributed by atoms with Crippen molar-refractivity contribution in [2.75, 3.05) is 13.1 Å². The van der Waals surface area contributed by atoms with Gasteiger partial charge in [0, 0.05) is 12.1 Å². The third kappa shape index (κ3) is 1.55. The number of hydrogen-bond donors (Lipinski definition) is 3. The first-order valence-electron chi connectivity index (χ1n) is 2.86. The summed E-state index contributed by atoms with van der Waals surface area (Å²) in [5.74, 6) is 0. The van der Waals surface area contributed by atoms with Crippen molar-refractivity contribution in [1.82, 2.24) is 5.32 Å². The van der Waals surface area contributed by atoms with Gasteiger partial charge in [0.1, 0.15) is 0 Å². The Hall–Kier alpha value is 0.0969. The van der Waals surface area contributed by atoms with E-state index in [-0.39, 0.29) is 0 Å². The van der Waals surface area contributed by atoms with Crippen LogP contribution in [-0.2, 0) is 0 Å². The van der Waals surface area contributed by atoms with E-state index in [1.165, 1.54) is 0 Å². The van der Waals surface area contributed by atoms with Crippen LogP contribution in [0.1, 0.15) is 0 Å². The quantitative estimate of drug-likeness (QED) is 0.372. The highest BCUT2D eigenvalue weighted by Crippen LogP contribution is 2.09. The average molecular weight is 133 g/mol. The smallest absolute Gasteiger partial charge is 0.335 e. The molecule has 4 heteroatoms. The average Bonchev–Trinajstić information content (AvgIpc) is 1.65. The van der Waals surface area contributed by atoms with Gasteiger partial charge in [-0.1, -0.05) is 0 Å². The van der Waals surface area contributed by atoms with Crippen LogP contribution in [0.2, 0.25) is 12.1 Å². The molecule has 1 aliphatic heterocycles. The second kappa shape index (κ2) is 2.14. The first kappa shape index (κ1) is 6.22. The van der Waals surface area contributed by atoms with E-state index in [2.05, 4.69) is 5.32 Å². The highest BCUT2D eigenvalue weighted by molar-refractivity contribution is 6.65. The van der Waals surface area contributed by atoms with Crippen LogP contribution in [0.15, 0.2) is 0 Å². The lowest BCUT2D eigenvalue weighted by Crippen LogP contribution is -2.45. The van der Waals surface area contributed by atoms with Gasteiger partial charge in [0.15, 0.2) is 0 Å². The summed E-state index contributed by atoms with van der Waals surface area (Å²) in [4.78, 5) is 18.1. The molecule has 1 heterocycles. The molecule has 1 rings (SSSR count). The SMILES string of the molecule is O[Si]1(O)CCNCC1. The Morgan fingerprint density at radius 3 is 1.88 bits per heavy atom. The predicted octanol–water partition coefficient (Wildman–Crippen LogP) is -0.984. The Balaban J connectivity index is 2.33. The summed E-state index contributed by atoms with van der Waals surface area (Å²) in [7, 11) is -2.65. The Morgan fingerprint density at radius 1 is 1.12 bits per heavy atom. The van der Waals surface area contributed by atoms with E-state index in [4.69, 9.17) is 9.59 Å². The predicted molar refractivity (Wildman–Crippen MR) is 32.7 cm³/mol. The molecule has 3 N–H and O–H groups in total. The summed E-state index contributed by atoms with van der Waals surface area (Å²) in [5, 5.41) is 3.06. The molecule has 8 heavy (non-hydrogen) atoms. The normalized spacial score (nSPS) is 27.8. The molecule has 0 aliphatic carbocycles. The van der Waals surface area contributed by atoms with Crippen molar-refractivity contribution in [2.45, 2.75) is 12.1 Å². The Kier molecular flexibility index (Phi) is 1.67. The molecule has 1 saturated heterocycles. The minimum absolute atomic E-state index is 0.590. The topological polar surface area (TPSA) is 52.5 Å². The van der Waals surface area contributed by atoms with Crippen LogP contribution in [0.5, 0.6) is 0 Å². The van der Waals surface area contributed by atoms with Gasteiger partial charge >= 0.3 is 8.56 Å². The van der Waals surface area contributed by atoms with Crippen LogP contribution in [0.4, 0.5) is 0 Å². The van der Waals surface area contributed by atoms with Gasteiger partial charge in [-0.3, -0.25) is 0 Å². The molecule has 1 fully saturated rings. The molecule has 3 nitrogen and oxygen atoms in total. The maximum atomic E-state index is 9.03. The van der Waals surface area contributed by atoms with Gasteiger partial charge in [-0.05, 0) is 13.1 Å². The molecule has 0 aromatic heterocycles. The summed E-state index contributed by atoms with van der Waals surface area (Å²) in [5.41, 5.74) is 0. The van der Waals surface area contributed by atoms with E-state index in [1.54, 1.807) is 0 Å². The zero-order chi connectivity index (χ0) is 6.04. The Bertz CT molecular complexity index is 78.1. The highest BCUT2D eigenvalue weighted by atomic mass is 28.4. The van der Waals surface area contributed by atoms with E-state index < -0.39 is 8.56 Å². The largest absolute Gasteiger partial charge is 0.411 e. The van der Waals surface area contributed by atoms with Crippen LogP contribution in [0.3, 0.4) is 0 Å². The summed E-state index contributed by atoms with van der Waals surface area (Å²) >= 11 is 0. The van der Waals surface area contributed by atoms with Gasteiger partial charge in [-0.15, -0.1) is 0 Å². The lowest BCUT2D eigenvalue weighted by molar-refractivity contribution is 0.344. The molecule has 48 valence electrons. The lowest BCUT2D eigenvalue weighted by Gasteiger charge is -2.22. The van der Waals surface area contributed by atoms with Crippen molar-refractivity contribution in [3.05, 3.63) is 0 Å². The molecule has 0 radical (unpaired) electrons. The van der Waals surface area contributed by atoms with Gasteiger partial charge in [-0.2, -0.15) is 0 Å². The van der Waals surface area contributed by atoms with Crippen LogP contribution < -0.4 is 5.32 Å². The zero-order valence-electron chi connectivity index (χ0n) is 4.72. The fourth-order valence-corrected chi connectivity index (χ4v) is 2.23. The van der Waals surface area contributed by atoms with Gasteiger partial charge in [0.2, 0.25) is 0 Å². The maximum absolute atomic E-state index is 9.03. The molecule has 0 saturated carbocycles. The molecule has 0 bridgehead atoms. The molecule has 0 aromatic carbocycles. The van der Waals surface area contributed by atoms with Crippen molar-refractivity contribution in [3.63, 3.8) is 0 Å². The molecule has 0 aromatic rings. The second-order valence-corrected chi connectivity index (χ2v) is 5.20. The molecule has 1 aliphatic rings. The summed E-state index contributed by atoms with van der Waals surface area (Å²) in [6, 6.07) is 1.18.